The monoisotopic (exact) mass is 364 g/mol. The minimum absolute atomic E-state index is 0.0147. The summed E-state index contributed by atoms with van der Waals surface area (Å²) in [5.41, 5.74) is 1.83. The highest BCUT2D eigenvalue weighted by Gasteiger charge is 2.17. The summed E-state index contributed by atoms with van der Waals surface area (Å²) in [7, 11) is 0. The molecule has 0 radical (unpaired) electrons. The van der Waals surface area contributed by atoms with Crippen molar-refractivity contribution in [2.75, 3.05) is 18.0 Å². The van der Waals surface area contributed by atoms with Crippen LogP contribution in [0.1, 0.15) is 42.7 Å². The summed E-state index contributed by atoms with van der Waals surface area (Å²) in [6.07, 6.45) is 0. The van der Waals surface area contributed by atoms with Gasteiger partial charge in [0.2, 0.25) is 0 Å². The van der Waals surface area contributed by atoms with E-state index < -0.39 is 11.5 Å². The summed E-state index contributed by atoms with van der Waals surface area (Å²) >= 11 is 0. The van der Waals surface area contributed by atoms with E-state index in [0.717, 1.165) is 29.7 Å². The molecule has 3 rings (SSSR count). The van der Waals surface area contributed by atoms with Crippen molar-refractivity contribution in [2.45, 2.75) is 26.8 Å². The Hall–Kier alpha value is -3.08. The third kappa shape index (κ3) is 4.03. The summed E-state index contributed by atoms with van der Waals surface area (Å²) in [6, 6.07) is 16.7. The highest BCUT2D eigenvalue weighted by molar-refractivity contribution is 5.97. The number of fused-ring (bicyclic) bond motifs is 1. The van der Waals surface area contributed by atoms with Crippen molar-refractivity contribution in [1.29, 1.82) is 0 Å². The molecule has 5 nitrogen and oxygen atoms in total. The Morgan fingerprint density at radius 1 is 1.07 bits per heavy atom. The number of nitrogens with one attached hydrogen (secondary N) is 1. The Balaban J connectivity index is 1.88. The van der Waals surface area contributed by atoms with Gasteiger partial charge in [0.25, 0.3) is 5.91 Å². The summed E-state index contributed by atoms with van der Waals surface area (Å²) in [4.78, 5) is 27.1. The quantitative estimate of drug-likeness (QED) is 0.668. The van der Waals surface area contributed by atoms with Crippen LogP contribution < -0.4 is 15.8 Å². The summed E-state index contributed by atoms with van der Waals surface area (Å²) in [5, 5.41) is 3.58. The Morgan fingerprint density at radius 2 is 1.78 bits per heavy atom. The molecule has 1 aromatic heterocycles. The Labute approximate surface area is 158 Å². The maximum atomic E-state index is 12.6. The summed E-state index contributed by atoms with van der Waals surface area (Å²) < 4.78 is 5.44. The number of hydrogen-bond donors (Lipinski definition) is 1. The molecule has 5 heteroatoms. The lowest BCUT2D eigenvalue weighted by Gasteiger charge is -2.21. The van der Waals surface area contributed by atoms with Crippen molar-refractivity contribution in [3.8, 4) is 0 Å². The first-order chi connectivity index (χ1) is 13.0. The second-order valence-electron chi connectivity index (χ2n) is 6.45. The molecule has 3 aromatic rings. The molecule has 0 spiro atoms. The molecule has 0 saturated carbocycles. The van der Waals surface area contributed by atoms with E-state index in [1.807, 2.05) is 55.5 Å². The molecule has 140 valence electrons. The fraction of sp³-hybridized carbons (Fsp3) is 0.273. The molecule has 2 aromatic carbocycles. The normalized spacial score (nSPS) is 12.0. The van der Waals surface area contributed by atoms with Gasteiger partial charge in [0.15, 0.2) is 0 Å². The molecule has 0 aliphatic carbocycles. The minimum atomic E-state index is -0.628. The first-order valence-electron chi connectivity index (χ1n) is 9.22. The van der Waals surface area contributed by atoms with E-state index in [9.17, 15) is 9.59 Å². The molecule has 0 fully saturated rings. The molecule has 0 aliphatic rings. The zero-order valence-electron chi connectivity index (χ0n) is 15.9. The SMILES string of the molecule is CCN(CC)c1ccc2cc(C(=O)N[C@H](C)c3ccccc3)c(=O)oc2c1. The van der Waals surface area contributed by atoms with E-state index in [1.54, 1.807) is 6.07 Å². The number of hydrogen-bond acceptors (Lipinski definition) is 4. The molecule has 27 heavy (non-hydrogen) atoms. The Morgan fingerprint density at radius 3 is 2.44 bits per heavy atom. The van der Waals surface area contributed by atoms with Crippen molar-refractivity contribution in [2.24, 2.45) is 0 Å². The number of amides is 1. The number of carbonyl (C=O) groups excluding carboxylic acids is 1. The van der Waals surface area contributed by atoms with Crippen molar-refractivity contribution in [3.63, 3.8) is 0 Å². The molecule has 0 saturated heterocycles. The van der Waals surface area contributed by atoms with E-state index in [-0.39, 0.29) is 11.6 Å². The average molecular weight is 364 g/mol. The van der Waals surface area contributed by atoms with Gasteiger partial charge < -0.3 is 14.6 Å². The third-order valence-electron chi connectivity index (χ3n) is 4.74. The Kier molecular flexibility index (Phi) is 5.60. The zero-order chi connectivity index (χ0) is 19.4. The van der Waals surface area contributed by atoms with Crippen LogP contribution in [0.2, 0.25) is 0 Å². The number of anilines is 1. The van der Waals surface area contributed by atoms with E-state index in [0.29, 0.717) is 5.58 Å². The highest BCUT2D eigenvalue weighted by Crippen LogP contribution is 2.22. The van der Waals surface area contributed by atoms with Gasteiger partial charge in [-0.25, -0.2) is 4.79 Å². The topological polar surface area (TPSA) is 62.6 Å². The predicted molar refractivity (Wildman–Crippen MR) is 108 cm³/mol. The average Bonchev–Trinajstić information content (AvgIpc) is 2.68. The van der Waals surface area contributed by atoms with Gasteiger partial charge in [0, 0.05) is 30.2 Å². The number of benzene rings is 2. The van der Waals surface area contributed by atoms with Crippen molar-refractivity contribution in [1.82, 2.24) is 5.32 Å². The van der Waals surface area contributed by atoms with Crippen LogP contribution in [0.4, 0.5) is 5.69 Å². The maximum absolute atomic E-state index is 12.6. The lowest BCUT2D eigenvalue weighted by Crippen LogP contribution is -2.30. The van der Waals surface area contributed by atoms with Gasteiger partial charge in [-0.3, -0.25) is 4.79 Å². The van der Waals surface area contributed by atoms with Crippen LogP contribution in [0.25, 0.3) is 11.0 Å². The van der Waals surface area contributed by atoms with Crippen LogP contribution in [-0.4, -0.2) is 19.0 Å². The van der Waals surface area contributed by atoms with E-state index in [1.165, 1.54) is 0 Å². The van der Waals surface area contributed by atoms with E-state index in [4.69, 9.17) is 4.42 Å². The van der Waals surface area contributed by atoms with Crippen molar-refractivity contribution >= 4 is 22.6 Å². The lowest BCUT2D eigenvalue weighted by molar-refractivity contribution is 0.0936. The van der Waals surface area contributed by atoms with Gasteiger partial charge in [-0.1, -0.05) is 30.3 Å². The number of rotatable bonds is 6. The van der Waals surface area contributed by atoms with E-state index >= 15 is 0 Å². The molecule has 1 atom stereocenters. The molecule has 0 aliphatic heterocycles. The number of nitrogens with zero attached hydrogens (tertiary/aromatic N) is 1. The molecule has 0 unspecified atom stereocenters. The molecular formula is C22H24N2O3. The largest absolute Gasteiger partial charge is 0.422 e. The summed E-state index contributed by atoms with van der Waals surface area (Å²) in [5.74, 6) is -0.435. The second kappa shape index (κ2) is 8.08. The smallest absolute Gasteiger partial charge is 0.349 e. The van der Waals surface area contributed by atoms with Crippen molar-refractivity contribution < 1.29 is 9.21 Å². The second-order valence-corrected chi connectivity index (χ2v) is 6.45. The fourth-order valence-corrected chi connectivity index (χ4v) is 3.14. The molecule has 0 bridgehead atoms. The van der Waals surface area contributed by atoms with Crippen LogP contribution in [0.3, 0.4) is 0 Å². The number of carbonyl (C=O) groups is 1. The van der Waals surface area contributed by atoms with Gasteiger partial charge in [-0.05, 0) is 44.5 Å². The van der Waals surface area contributed by atoms with E-state index in [2.05, 4.69) is 24.1 Å². The first-order valence-corrected chi connectivity index (χ1v) is 9.22. The van der Waals surface area contributed by atoms with Crippen LogP contribution >= 0.6 is 0 Å². The maximum Gasteiger partial charge on any atom is 0.349 e. The van der Waals surface area contributed by atoms with Crippen molar-refractivity contribution in [3.05, 3.63) is 76.1 Å². The molecule has 1 N–H and O–H groups in total. The molecule has 1 amide bonds. The zero-order valence-corrected chi connectivity index (χ0v) is 15.9. The fourth-order valence-electron chi connectivity index (χ4n) is 3.14. The van der Waals surface area contributed by atoms with Crippen LogP contribution in [0.5, 0.6) is 0 Å². The van der Waals surface area contributed by atoms with Crippen LogP contribution in [0, 0.1) is 0 Å². The lowest BCUT2D eigenvalue weighted by atomic mass is 10.1. The Bertz CT molecular complexity index is 991. The van der Waals surface area contributed by atoms with Crippen LogP contribution in [-0.2, 0) is 0 Å². The van der Waals surface area contributed by atoms with Gasteiger partial charge >= 0.3 is 5.63 Å². The van der Waals surface area contributed by atoms with Gasteiger partial charge in [-0.2, -0.15) is 0 Å². The highest BCUT2D eigenvalue weighted by atomic mass is 16.4. The minimum Gasteiger partial charge on any atom is -0.422 e. The van der Waals surface area contributed by atoms with Gasteiger partial charge in [0.05, 0.1) is 6.04 Å². The van der Waals surface area contributed by atoms with Crippen LogP contribution in [0.15, 0.2) is 63.8 Å². The van der Waals surface area contributed by atoms with Gasteiger partial charge in [-0.15, -0.1) is 0 Å². The first kappa shape index (κ1) is 18.7. The summed E-state index contributed by atoms with van der Waals surface area (Å²) in [6.45, 7) is 7.76. The predicted octanol–water partition coefficient (Wildman–Crippen LogP) is 4.13. The molecule has 1 heterocycles. The third-order valence-corrected chi connectivity index (χ3v) is 4.74. The molecular weight excluding hydrogens is 340 g/mol. The standard InChI is InChI=1S/C22H24N2O3/c1-4-24(5-2)18-12-11-17-13-19(22(26)27-20(17)14-18)21(25)23-15(3)16-9-7-6-8-10-16/h6-15H,4-5H2,1-3H3,(H,23,25)/t15-/m1/s1. The van der Waals surface area contributed by atoms with Gasteiger partial charge in [0.1, 0.15) is 11.1 Å².